The van der Waals surface area contributed by atoms with Crippen LogP contribution in [0.5, 0.6) is 0 Å². The Morgan fingerprint density at radius 2 is 2.07 bits per heavy atom. The summed E-state index contributed by atoms with van der Waals surface area (Å²) in [5, 5.41) is 9.23. The van der Waals surface area contributed by atoms with Crippen LogP contribution in [0.25, 0.3) is 0 Å². The van der Waals surface area contributed by atoms with Crippen LogP contribution in [-0.4, -0.2) is 11.9 Å². The molecule has 1 rings (SSSR count). The summed E-state index contributed by atoms with van der Waals surface area (Å²) in [5.41, 5.74) is 0.922. The van der Waals surface area contributed by atoms with Gasteiger partial charge in [-0.2, -0.15) is 0 Å². The standard InChI is InChI=1S/C10H12N2O2/c1-8(11)12-10(13)14-7-9-5-3-2-4-6-9/h2-6H,7H2,1H3,(H2,11,12,13). The fourth-order valence-corrected chi connectivity index (χ4v) is 0.912. The lowest BCUT2D eigenvalue weighted by molar-refractivity contribution is 0.145. The third kappa shape index (κ3) is 3.71. The first-order valence-electron chi connectivity index (χ1n) is 4.21. The van der Waals surface area contributed by atoms with Crippen LogP contribution in [0.2, 0.25) is 0 Å². The van der Waals surface area contributed by atoms with E-state index in [0.717, 1.165) is 5.56 Å². The molecular weight excluding hydrogens is 180 g/mol. The molecule has 4 nitrogen and oxygen atoms in total. The maximum atomic E-state index is 11.0. The van der Waals surface area contributed by atoms with E-state index in [9.17, 15) is 4.79 Å². The minimum atomic E-state index is -0.596. The number of hydrogen-bond acceptors (Lipinski definition) is 3. The van der Waals surface area contributed by atoms with Crippen molar-refractivity contribution in [3.63, 3.8) is 0 Å². The maximum absolute atomic E-state index is 11.0. The molecule has 1 aromatic carbocycles. The van der Waals surface area contributed by atoms with E-state index in [1.165, 1.54) is 6.92 Å². The lowest BCUT2D eigenvalue weighted by Crippen LogP contribution is -2.27. The average molecular weight is 192 g/mol. The normalized spacial score (nSPS) is 9.21. The van der Waals surface area contributed by atoms with Crippen molar-refractivity contribution < 1.29 is 9.53 Å². The Balaban J connectivity index is 2.34. The summed E-state index contributed by atoms with van der Waals surface area (Å²) in [7, 11) is 0. The third-order valence-corrected chi connectivity index (χ3v) is 1.50. The van der Waals surface area contributed by atoms with E-state index in [-0.39, 0.29) is 12.4 Å². The molecule has 0 spiro atoms. The molecule has 0 unspecified atom stereocenters. The number of ether oxygens (including phenoxy) is 1. The molecule has 1 amide bonds. The van der Waals surface area contributed by atoms with E-state index >= 15 is 0 Å². The van der Waals surface area contributed by atoms with Gasteiger partial charge < -0.3 is 4.74 Å². The van der Waals surface area contributed by atoms with Gasteiger partial charge in [0, 0.05) is 0 Å². The second-order valence-corrected chi connectivity index (χ2v) is 2.81. The average Bonchev–Trinajstić information content (AvgIpc) is 2.15. The van der Waals surface area contributed by atoms with Gasteiger partial charge >= 0.3 is 6.09 Å². The Bertz CT molecular complexity index is 322. The van der Waals surface area contributed by atoms with Crippen molar-refractivity contribution in [2.24, 2.45) is 0 Å². The molecule has 0 saturated carbocycles. The molecule has 14 heavy (non-hydrogen) atoms. The number of alkyl carbamates (subject to hydrolysis) is 1. The van der Waals surface area contributed by atoms with Crippen LogP contribution in [0.4, 0.5) is 4.79 Å². The van der Waals surface area contributed by atoms with Crippen LogP contribution in [0.1, 0.15) is 12.5 Å². The second kappa shape index (κ2) is 5.01. The van der Waals surface area contributed by atoms with Crippen molar-refractivity contribution in [3.05, 3.63) is 35.9 Å². The summed E-state index contributed by atoms with van der Waals surface area (Å²) in [6.07, 6.45) is -0.596. The fraction of sp³-hybridized carbons (Fsp3) is 0.200. The predicted molar refractivity (Wildman–Crippen MR) is 53.2 cm³/mol. The third-order valence-electron chi connectivity index (χ3n) is 1.50. The first-order valence-corrected chi connectivity index (χ1v) is 4.21. The van der Waals surface area contributed by atoms with Gasteiger partial charge in [0.15, 0.2) is 0 Å². The summed E-state index contributed by atoms with van der Waals surface area (Å²) in [4.78, 5) is 11.0. The molecule has 0 atom stereocenters. The van der Waals surface area contributed by atoms with Gasteiger partial charge in [-0.3, -0.25) is 10.7 Å². The summed E-state index contributed by atoms with van der Waals surface area (Å²) < 4.78 is 4.85. The zero-order valence-corrected chi connectivity index (χ0v) is 7.91. The predicted octanol–water partition coefficient (Wildman–Crippen LogP) is 1.91. The Labute approximate surface area is 82.4 Å². The van der Waals surface area contributed by atoms with Gasteiger partial charge in [0.1, 0.15) is 6.61 Å². The topological polar surface area (TPSA) is 62.2 Å². The molecule has 0 saturated heterocycles. The quantitative estimate of drug-likeness (QED) is 0.555. The highest BCUT2D eigenvalue weighted by Crippen LogP contribution is 2.00. The summed E-state index contributed by atoms with van der Waals surface area (Å²) in [6, 6.07) is 9.37. The lowest BCUT2D eigenvalue weighted by atomic mass is 10.2. The molecule has 4 heteroatoms. The van der Waals surface area contributed by atoms with E-state index in [1.54, 1.807) is 0 Å². The van der Waals surface area contributed by atoms with E-state index in [1.807, 2.05) is 30.3 Å². The van der Waals surface area contributed by atoms with Crippen molar-refractivity contribution in [1.82, 2.24) is 5.32 Å². The van der Waals surface area contributed by atoms with Gasteiger partial charge in [-0.25, -0.2) is 4.79 Å². The smallest absolute Gasteiger partial charge is 0.412 e. The highest BCUT2D eigenvalue weighted by atomic mass is 16.5. The highest BCUT2D eigenvalue weighted by molar-refractivity contribution is 5.91. The molecule has 0 heterocycles. The Kier molecular flexibility index (Phi) is 3.67. The van der Waals surface area contributed by atoms with E-state index < -0.39 is 6.09 Å². The molecule has 0 aromatic heterocycles. The van der Waals surface area contributed by atoms with E-state index in [2.05, 4.69) is 5.32 Å². The number of nitrogens with one attached hydrogen (secondary N) is 2. The molecule has 0 aliphatic heterocycles. The number of hydrogen-bond donors (Lipinski definition) is 2. The molecular formula is C10H12N2O2. The van der Waals surface area contributed by atoms with Crippen molar-refractivity contribution in [3.8, 4) is 0 Å². The van der Waals surface area contributed by atoms with Crippen molar-refractivity contribution in [2.45, 2.75) is 13.5 Å². The zero-order chi connectivity index (χ0) is 10.4. The van der Waals surface area contributed by atoms with Crippen LogP contribution < -0.4 is 5.32 Å². The van der Waals surface area contributed by atoms with Gasteiger partial charge in [0.25, 0.3) is 0 Å². The molecule has 0 aliphatic rings. The minimum absolute atomic E-state index is 0.0723. The number of carbonyl (C=O) groups is 1. The number of amides is 1. The number of amidine groups is 1. The van der Waals surface area contributed by atoms with Gasteiger partial charge in [-0.1, -0.05) is 30.3 Å². The van der Waals surface area contributed by atoms with Crippen LogP contribution in [-0.2, 0) is 11.3 Å². The number of benzene rings is 1. The first-order chi connectivity index (χ1) is 6.68. The summed E-state index contributed by atoms with van der Waals surface area (Å²) in [6.45, 7) is 1.70. The molecule has 0 radical (unpaired) electrons. The second-order valence-electron chi connectivity index (χ2n) is 2.81. The summed E-state index contributed by atoms with van der Waals surface area (Å²) in [5.74, 6) is 0.0723. The monoisotopic (exact) mass is 192 g/mol. The molecule has 0 bridgehead atoms. The maximum Gasteiger partial charge on any atom is 0.412 e. The van der Waals surface area contributed by atoms with E-state index in [4.69, 9.17) is 10.1 Å². The Hall–Kier alpha value is -1.84. The van der Waals surface area contributed by atoms with Crippen molar-refractivity contribution in [2.75, 3.05) is 0 Å². The first kappa shape index (κ1) is 10.2. The van der Waals surface area contributed by atoms with Gasteiger partial charge in [0.05, 0.1) is 5.84 Å². The Morgan fingerprint density at radius 1 is 1.43 bits per heavy atom. The van der Waals surface area contributed by atoms with Crippen LogP contribution in [0.15, 0.2) is 30.3 Å². The fourth-order valence-electron chi connectivity index (χ4n) is 0.912. The van der Waals surface area contributed by atoms with Crippen LogP contribution in [0.3, 0.4) is 0 Å². The van der Waals surface area contributed by atoms with Gasteiger partial charge in [0.2, 0.25) is 0 Å². The molecule has 0 aliphatic carbocycles. The molecule has 74 valence electrons. The summed E-state index contributed by atoms with van der Waals surface area (Å²) >= 11 is 0. The SMILES string of the molecule is CC(=N)NC(=O)OCc1ccccc1. The number of carbonyl (C=O) groups excluding carboxylic acids is 1. The van der Waals surface area contributed by atoms with Crippen LogP contribution in [0, 0.1) is 5.41 Å². The van der Waals surface area contributed by atoms with Crippen LogP contribution >= 0.6 is 0 Å². The van der Waals surface area contributed by atoms with Crippen molar-refractivity contribution in [1.29, 1.82) is 5.41 Å². The largest absolute Gasteiger partial charge is 0.444 e. The molecule has 2 N–H and O–H groups in total. The lowest BCUT2D eigenvalue weighted by Gasteiger charge is -2.04. The van der Waals surface area contributed by atoms with E-state index in [0.29, 0.717) is 0 Å². The molecule has 0 fully saturated rings. The number of rotatable bonds is 2. The minimum Gasteiger partial charge on any atom is -0.444 e. The zero-order valence-electron chi connectivity index (χ0n) is 7.91. The van der Waals surface area contributed by atoms with Crippen molar-refractivity contribution >= 4 is 11.9 Å². The Morgan fingerprint density at radius 3 is 2.64 bits per heavy atom. The highest BCUT2D eigenvalue weighted by Gasteiger charge is 2.01. The van der Waals surface area contributed by atoms with Gasteiger partial charge in [-0.05, 0) is 12.5 Å². The molecule has 1 aromatic rings. The van der Waals surface area contributed by atoms with Gasteiger partial charge in [-0.15, -0.1) is 0 Å².